The molecule has 0 amide bonds. The number of carbonyl (C=O) groups excluding carboxylic acids is 1. The van der Waals surface area contributed by atoms with E-state index >= 15 is 0 Å². The SMILES string of the molecule is CCC(CC)COC(=O)C[NH3+]. The molecule has 0 saturated heterocycles. The molecule has 0 aliphatic heterocycles. The van der Waals surface area contributed by atoms with Crippen molar-refractivity contribution in [2.75, 3.05) is 13.2 Å². The summed E-state index contributed by atoms with van der Waals surface area (Å²) < 4.78 is 4.93. The highest BCUT2D eigenvalue weighted by Gasteiger charge is 2.07. The molecular formula is C8H18NO2+. The first-order valence-electron chi connectivity index (χ1n) is 4.19. The van der Waals surface area contributed by atoms with Crippen molar-refractivity contribution >= 4 is 5.97 Å². The molecule has 0 fully saturated rings. The molecule has 0 bridgehead atoms. The van der Waals surface area contributed by atoms with Gasteiger partial charge in [-0.15, -0.1) is 0 Å². The van der Waals surface area contributed by atoms with Crippen LogP contribution < -0.4 is 5.73 Å². The average molecular weight is 160 g/mol. The quantitative estimate of drug-likeness (QED) is 0.584. The summed E-state index contributed by atoms with van der Waals surface area (Å²) in [5.74, 6) is 0.322. The Balaban J connectivity index is 3.42. The van der Waals surface area contributed by atoms with Gasteiger partial charge in [0, 0.05) is 0 Å². The van der Waals surface area contributed by atoms with Crippen LogP contribution in [0.15, 0.2) is 0 Å². The second-order valence-corrected chi connectivity index (χ2v) is 2.62. The zero-order chi connectivity index (χ0) is 8.69. The number of rotatable bonds is 5. The molecule has 3 heteroatoms. The molecule has 3 N–H and O–H groups in total. The van der Waals surface area contributed by atoms with Crippen LogP contribution in [0, 0.1) is 5.92 Å². The fraction of sp³-hybridized carbons (Fsp3) is 0.875. The van der Waals surface area contributed by atoms with Crippen LogP contribution in [0.3, 0.4) is 0 Å². The number of hydrogen-bond acceptors (Lipinski definition) is 2. The van der Waals surface area contributed by atoms with Gasteiger partial charge in [-0.05, 0) is 5.92 Å². The molecule has 0 atom stereocenters. The van der Waals surface area contributed by atoms with Gasteiger partial charge in [-0.2, -0.15) is 0 Å². The first kappa shape index (κ1) is 10.4. The predicted molar refractivity (Wildman–Crippen MR) is 42.8 cm³/mol. The fourth-order valence-corrected chi connectivity index (χ4v) is 0.807. The minimum Gasteiger partial charge on any atom is -0.461 e. The predicted octanol–water partition coefficient (Wildman–Crippen LogP) is 0.208. The van der Waals surface area contributed by atoms with Gasteiger partial charge in [-0.3, -0.25) is 0 Å². The molecule has 0 unspecified atom stereocenters. The van der Waals surface area contributed by atoms with E-state index in [1.807, 2.05) is 0 Å². The van der Waals surface area contributed by atoms with Crippen molar-refractivity contribution in [3.8, 4) is 0 Å². The lowest BCUT2D eigenvalue weighted by molar-refractivity contribution is -0.359. The Hall–Kier alpha value is -0.570. The largest absolute Gasteiger partial charge is 0.461 e. The Bertz CT molecular complexity index is 111. The normalized spacial score (nSPS) is 10.2. The number of quaternary nitrogens is 1. The highest BCUT2D eigenvalue weighted by atomic mass is 16.5. The zero-order valence-electron chi connectivity index (χ0n) is 7.43. The summed E-state index contributed by atoms with van der Waals surface area (Å²) in [5.41, 5.74) is 3.44. The molecular weight excluding hydrogens is 142 g/mol. The van der Waals surface area contributed by atoms with Crippen LogP contribution in [0.2, 0.25) is 0 Å². The summed E-state index contributed by atoms with van der Waals surface area (Å²) in [6, 6.07) is 0. The average Bonchev–Trinajstić information content (AvgIpc) is 2.06. The summed E-state index contributed by atoms with van der Waals surface area (Å²) in [7, 11) is 0. The Morgan fingerprint density at radius 1 is 1.45 bits per heavy atom. The van der Waals surface area contributed by atoms with Crippen molar-refractivity contribution < 1.29 is 15.3 Å². The lowest BCUT2D eigenvalue weighted by Crippen LogP contribution is -2.54. The highest BCUT2D eigenvalue weighted by molar-refractivity contribution is 5.69. The molecule has 66 valence electrons. The number of hydrogen-bond donors (Lipinski definition) is 1. The van der Waals surface area contributed by atoms with Crippen LogP contribution in [0.1, 0.15) is 26.7 Å². The van der Waals surface area contributed by atoms with Crippen LogP contribution in [0.25, 0.3) is 0 Å². The van der Waals surface area contributed by atoms with Crippen molar-refractivity contribution in [2.24, 2.45) is 5.92 Å². The Morgan fingerprint density at radius 3 is 2.36 bits per heavy atom. The second-order valence-electron chi connectivity index (χ2n) is 2.62. The maximum Gasteiger partial charge on any atom is 0.361 e. The van der Waals surface area contributed by atoms with E-state index < -0.39 is 0 Å². The Labute approximate surface area is 67.9 Å². The third-order valence-electron chi connectivity index (χ3n) is 1.84. The third kappa shape index (κ3) is 4.79. The van der Waals surface area contributed by atoms with Crippen molar-refractivity contribution in [1.82, 2.24) is 0 Å². The minimum atomic E-state index is -0.197. The number of carbonyl (C=O) groups is 1. The maximum absolute atomic E-state index is 10.7. The van der Waals surface area contributed by atoms with Crippen LogP contribution in [-0.4, -0.2) is 19.1 Å². The van der Waals surface area contributed by atoms with E-state index in [-0.39, 0.29) is 12.5 Å². The van der Waals surface area contributed by atoms with E-state index in [2.05, 4.69) is 19.6 Å². The molecule has 0 aromatic heterocycles. The highest BCUT2D eigenvalue weighted by Crippen LogP contribution is 2.06. The van der Waals surface area contributed by atoms with Gasteiger partial charge in [0.05, 0.1) is 6.61 Å². The topological polar surface area (TPSA) is 53.9 Å². The molecule has 0 aliphatic carbocycles. The van der Waals surface area contributed by atoms with E-state index in [1.165, 1.54) is 0 Å². The van der Waals surface area contributed by atoms with Crippen molar-refractivity contribution in [1.29, 1.82) is 0 Å². The Morgan fingerprint density at radius 2 is 2.00 bits per heavy atom. The van der Waals surface area contributed by atoms with Gasteiger partial charge in [0.2, 0.25) is 0 Å². The van der Waals surface area contributed by atoms with Crippen LogP contribution in [0.5, 0.6) is 0 Å². The second kappa shape index (κ2) is 6.16. The monoisotopic (exact) mass is 160 g/mol. The number of ether oxygens (including phenoxy) is 1. The molecule has 0 aliphatic rings. The molecule has 0 aromatic rings. The molecule has 0 rings (SSSR count). The lowest BCUT2D eigenvalue weighted by atomic mass is 10.1. The molecule has 0 heterocycles. The summed E-state index contributed by atoms with van der Waals surface area (Å²) in [5, 5.41) is 0. The molecule has 11 heavy (non-hydrogen) atoms. The first-order valence-corrected chi connectivity index (χ1v) is 4.19. The van der Waals surface area contributed by atoms with Crippen LogP contribution >= 0.6 is 0 Å². The van der Waals surface area contributed by atoms with Gasteiger partial charge < -0.3 is 10.5 Å². The lowest BCUT2D eigenvalue weighted by Gasteiger charge is -2.10. The van der Waals surface area contributed by atoms with Crippen molar-refractivity contribution in [3.63, 3.8) is 0 Å². The third-order valence-corrected chi connectivity index (χ3v) is 1.84. The van der Waals surface area contributed by atoms with E-state index in [4.69, 9.17) is 4.74 Å². The fourth-order valence-electron chi connectivity index (χ4n) is 0.807. The molecule has 3 nitrogen and oxygen atoms in total. The van der Waals surface area contributed by atoms with Gasteiger partial charge in [0.1, 0.15) is 0 Å². The van der Waals surface area contributed by atoms with Gasteiger partial charge in [0.15, 0.2) is 6.54 Å². The summed E-state index contributed by atoms with van der Waals surface area (Å²) >= 11 is 0. The summed E-state index contributed by atoms with van der Waals surface area (Å²) in [6.07, 6.45) is 2.14. The van der Waals surface area contributed by atoms with E-state index in [9.17, 15) is 4.79 Å². The summed E-state index contributed by atoms with van der Waals surface area (Å²) in [4.78, 5) is 10.7. The zero-order valence-corrected chi connectivity index (χ0v) is 7.43. The van der Waals surface area contributed by atoms with Crippen LogP contribution in [-0.2, 0) is 9.53 Å². The van der Waals surface area contributed by atoms with Gasteiger partial charge in [-0.1, -0.05) is 26.7 Å². The van der Waals surface area contributed by atoms with Crippen LogP contribution in [0.4, 0.5) is 0 Å². The van der Waals surface area contributed by atoms with Gasteiger partial charge in [-0.25, -0.2) is 4.79 Å². The minimum absolute atomic E-state index is 0.197. The first-order chi connectivity index (χ1) is 5.24. The van der Waals surface area contributed by atoms with Gasteiger partial charge >= 0.3 is 5.97 Å². The molecule has 0 spiro atoms. The molecule has 0 saturated carbocycles. The molecule has 0 aromatic carbocycles. The number of esters is 1. The van der Waals surface area contributed by atoms with Crippen molar-refractivity contribution in [3.05, 3.63) is 0 Å². The van der Waals surface area contributed by atoms with Crippen molar-refractivity contribution in [2.45, 2.75) is 26.7 Å². The standard InChI is InChI=1S/C8H17NO2/c1-3-7(4-2)6-11-8(10)5-9/h7H,3-6,9H2,1-2H3/p+1. The van der Waals surface area contributed by atoms with E-state index in [0.29, 0.717) is 12.5 Å². The van der Waals surface area contributed by atoms with E-state index in [0.717, 1.165) is 12.8 Å². The Kier molecular flexibility index (Phi) is 5.84. The molecule has 0 radical (unpaired) electrons. The van der Waals surface area contributed by atoms with Gasteiger partial charge in [0.25, 0.3) is 0 Å². The summed E-state index contributed by atoms with van der Waals surface area (Å²) in [6.45, 7) is 5.00. The van der Waals surface area contributed by atoms with E-state index in [1.54, 1.807) is 0 Å². The smallest absolute Gasteiger partial charge is 0.361 e. The maximum atomic E-state index is 10.7.